The summed E-state index contributed by atoms with van der Waals surface area (Å²) in [4.78, 5) is 2.40. The van der Waals surface area contributed by atoms with E-state index in [2.05, 4.69) is 50.9 Å². The zero-order chi connectivity index (χ0) is 14.5. The first kappa shape index (κ1) is 16.5. The van der Waals surface area contributed by atoms with Crippen LogP contribution in [0.2, 0.25) is 0 Å². The predicted molar refractivity (Wildman–Crippen MR) is 80.9 cm³/mol. The van der Waals surface area contributed by atoms with Gasteiger partial charge in [-0.25, -0.2) is 0 Å². The molecule has 2 unspecified atom stereocenters. The van der Waals surface area contributed by atoms with Crippen LogP contribution in [0.15, 0.2) is 0 Å². The largest absolute Gasteiger partial charge is 0.303 e. The van der Waals surface area contributed by atoms with Gasteiger partial charge < -0.3 is 4.90 Å². The Hall–Kier alpha value is -0.590. The Morgan fingerprint density at radius 2 is 1.89 bits per heavy atom. The quantitative estimate of drug-likeness (QED) is 0.802. The van der Waals surface area contributed by atoms with Gasteiger partial charge in [0.05, 0.1) is 6.07 Å². The molecule has 1 aliphatic rings. The van der Waals surface area contributed by atoms with E-state index in [0.29, 0.717) is 5.92 Å². The molecule has 0 aromatic heterocycles. The molecule has 0 bridgehead atoms. The average molecular weight is 265 g/mol. The number of rotatable bonds is 6. The van der Waals surface area contributed by atoms with Crippen LogP contribution in [0, 0.1) is 22.7 Å². The van der Waals surface area contributed by atoms with Crippen LogP contribution in [-0.2, 0) is 0 Å². The summed E-state index contributed by atoms with van der Waals surface area (Å²) in [6.07, 6.45) is 3.19. The predicted octanol–water partition coefficient (Wildman–Crippen LogP) is 3.03. The molecule has 1 rings (SSSR count). The first-order chi connectivity index (χ1) is 8.86. The topological polar surface area (TPSA) is 39.1 Å². The van der Waals surface area contributed by atoms with Crippen LogP contribution in [-0.4, -0.2) is 36.6 Å². The lowest BCUT2D eigenvalue weighted by molar-refractivity contribution is 0.112. The lowest BCUT2D eigenvalue weighted by Crippen LogP contribution is -2.53. The lowest BCUT2D eigenvalue weighted by Gasteiger charge is -2.44. The van der Waals surface area contributed by atoms with Crippen molar-refractivity contribution in [3.05, 3.63) is 0 Å². The van der Waals surface area contributed by atoms with Crippen LogP contribution < -0.4 is 5.32 Å². The maximum atomic E-state index is 9.65. The van der Waals surface area contributed by atoms with Crippen LogP contribution in [0.3, 0.4) is 0 Å². The summed E-state index contributed by atoms with van der Waals surface area (Å²) in [5.41, 5.74) is -0.0378. The van der Waals surface area contributed by atoms with Crippen molar-refractivity contribution >= 4 is 0 Å². The Labute approximate surface area is 119 Å². The summed E-state index contributed by atoms with van der Waals surface area (Å²) in [6, 6.07) is 2.58. The Kier molecular flexibility index (Phi) is 5.82. The van der Waals surface area contributed by atoms with Crippen molar-refractivity contribution in [3.8, 4) is 6.07 Å². The molecule has 2 atom stereocenters. The van der Waals surface area contributed by atoms with E-state index in [1.807, 2.05) is 0 Å². The van der Waals surface area contributed by atoms with E-state index in [9.17, 15) is 5.26 Å². The van der Waals surface area contributed by atoms with Gasteiger partial charge in [-0.05, 0) is 43.7 Å². The smallest absolute Gasteiger partial charge is 0.107 e. The molecule has 1 aliphatic carbocycles. The second-order valence-electron chi connectivity index (χ2n) is 7.00. The molecule has 110 valence electrons. The lowest BCUT2D eigenvalue weighted by atomic mass is 9.65. The van der Waals surface area contributed by atoms with Crippen LogP contribution in [0.4, 0.5) is 0 Å². The van der Waals surface area contributed by atoms with Crippen molar-refractivity contribution in [2.75, 3.05) is 26.2 Å². The number of hydrogen-bond acceptors (Lipinski definition) is 3. The molecule has 1 saturated carbocycles. The van der Waals surface area contributed by atoms with E-state index < -0.39 is 0 Å². The molecule has 0 amide bonds. The van der Waals surface area contributed by atoms with Crippen LogP contribution in [0.5, 0.6) is 0 Å². The van der Waals surface area contributed by atoms with Gasteiger partial charge in [0.2, 0.25) is 0 Å². The molecule has 3 heteroatoms. The molecule has 1 N–H and O–H groups in total. The van der Waals surface area contributed by atoms with Gasteiger partial charge in [-0.3, -0.25) is 5.32 Å². The minimum Gasteiger partial charge on any atom is -0.303 e. The molecule has 0 saturated heterocycles. The Morgan fingerprint density at radius 1 is 1.26 bits per heavy atom. The van der Waals surface area contributed by atoms with Gasteiger partial charge in [0.1, 0.15) is 5.54 Å². The van der Waals surface area contributed by atoms with E-state index in [1.54, 1.807) is 0 Å². The molecule has 0 aliphatic heterocycles. The van der Waals surface area contributed by atoms with Crippen molar-refractivity contribution in [2.24, 2.45) is 11.3 Å². The summed E-state index contributed by atoms with van der Waals surface area (Å²) in [5.74, 6) is 0.629. The number of nitrogens with zero attached hydrogens (tertiary/aromatic N) is 2. The molecule has 1 fully saturated rings. The summed E-state index contributed by atoms with van der Waals surface area (Å²) in [7, 11) is 0. The third-order valence-electron chi connectivity index (χ3n) is 4.38. The number of hydrogen-bond donors (Lipinski definition) is 1. The molecule has 3 nitrogen and oxygen atoms in total. The highest BCUT2D eigenvalue weighted by Gasteiger charge is 2.42. The molecular formula is C16H31N3. The zero-order valence-corrected chi connectivity index (χ0v) is 13.4. The van der Waals surface area contributed by atoms with Gasteiger partial charge in [0.15, 0.2) is 0 Å². The van der Waals surface area contributed by atoms with E-state index in [-0.39, 0.29) is 11.0 Å². The van der Waals surface area contributed by atoms with Gasteiger partial charge >= 0.3 is 0 Å². The summed E-state index contributed by atoms with van der Waals surface area (Å²) in [5, 5.41) is 13.2. The van der Waals surface area contributed by atoms with Gasteiger partial charge in [-0.2, -0.15) is 5.26 Å². The normalized spacial score (nSPS) is 30.3. The summed E-state index contributed by atoms with van der Waals surface area (Å²) < 4.78 is 0. The number of nitriles is 1. The molecule has 0 aromatic carbocycles. The third-order valence-corrected chi connectivity index (χ3v) is 4.38. The van der Waals surface area contributed by atoms with Gasteiger partial charge in [-0.15, -0.1) is 0 Å². The first-order valence-electron chi connectivity index (χ1n) is 7.75. The highest BCUT2D eigenvalue weighted by atomic mass is 15.1. The summed E-state index contributed by atoms with van der Waals surface area (Å²) >= 11 is 0. The molecule has 0 spiro atoms. The average Bonchev–Trinajstić information content (AvgIpc) is 2.32. The molecule has 0 radical (unpaired) electrons. The zero-order valence-electron chi connectivity index (χ0n) is 13.4. The van der Waals surface area contributed by atoms with Crippen molar-refractivity contribution in [2.45, 2.75) is 59.4 Å². The number of nitrogens with one attached hydrogen (secondary N) is 1. The second kappa shape index (κ2) is 6.72. The molecular weight excluding hydrogens is 234 g/mol. The van der Waals surface area contributed by atoms with Crippen molar-refractivity contribution in [1.29, 1.82) is 5.26 Å². The fourth-order valence-corrected chi connectivity index (χ4v) is 3.82. The van der Waals surface area contributed by atoms with Crippen molar-refractivity contribution in [1.82, 2.24) is 10.2 Å². The maximum Gasteiger partial charge on any atom is 0.107 e. The van der Waals surface area contributed by atoms with E-state index in [4.69, 9.17) is 0 Å². The van der Waals surface area contributed by atoms with Crippen LogP contribution in [0.25, 0.3) is 0 Å². The van der Waals surface area contributed by atoms with Crippen LogP contribution >= 0.6 is 0 Å². The minimum atomic E-state index is -0.311. The van der Waals surface area contributed by atoms with E-state index in [1.165, 1.54) is 6.42 Å². The first-order valence-corrected chi connectivity index (χ1v) is 7.75. The van der Waals surface area contributed by atoms with E-state index in [0.717, 1.165) is 39.0 Å². The SMILES string of the molecule is CCN(CC)CCNC1(C#N)CC(C)CC(C)(C)C1. The fourth-order valence-electron chi connectivity index (χ4n) is 3.82. The number of likely N-dealkylation sites (N-methyl/N-ethyl adjacent to an activating group) is 1. The Balaban J connectivity index is 2.58. The third kappa shape index (κ3) is 4.78. The molecule has 19 heavy (non-hydrogen) atoms. The monoisotopic (exact) mass is 265 g/mol. The fraction of sp³-hybridized carbons (Fsp3) is 0.938. The highest BCUT2D eigenvalue weighted by molar-refractivity contribution is 5.12. The summed E-state index contributed by atoms with van der Waals surface area (Å²) in [6.45, 7) is 15.4. The Bertz CT molecular complexity index is 314. The molecule has 0 heterocycles. The minimum absolute atomic E-state index is 0.273. The maximum absolute atomic E-state index is 9.65. The molecule has 0 aromatic rings. The van der Waals surface area contributed by atoms with Gasteiger partial charge in [0.25, 0.3) is 0 Å². The van der Waals surface area contributed by atoms with Gasteiger partial charge in [0, 0.05) is 13.1 Å². The van der Waals surface area contributed by atoms with E-state index >= 15 is 0 Å². The van der Waals surface area contributed by atoms with Crippen LogP contribution in [0.1, 0.15) is 53.9 Å². The van der Waals surface area contributed by atoms with Crippen molar-refractivity contribution < 1.29 is 0 Å². The van der Waals surface area contributed by atoms with Crippen molar-refractivity contribution in [3.63, 3.8) is 0 Å². The standard InChI is InChI=1S/C16H31N3/c1-6-19(7-2)9-8-18-16(13-17)11-14(3)10-15(4,5)12-16/h14,18H,6-12H2,1-5H3. The Morgan fingerprint density at radius 3 is 2.37 bits per heavy atom. The highest BCUT2D eigenvalue weighted by Crippen LogP contribution is 2.43. The second-order valence-corrected chi connectivity index (χ2v) is 7.00. The van der Waals surface area contributed by atoms with Gasteiger partial charge in [-0.1, -0.05) is 34.6 Å².